The number of carbonyl (C=O) groups is 1. The molecule has 0 spiro atoms. The predicted molar refractivity (Wildman–Crippen MR) is 79.8 cm³/mol. The molecule has 0 aliphatic heterocycles. The van der Waals surface area contributed by atoms with Gasteiger partial charge in [0, 0.05) is 23.9 Å². The molecular weight excluding hydrogens is 272 g/mol. The van der Waals surface area contributed by atoms with Crippen molar-refractivity contribution in [2.24, 2.45) is 5.73 Å². The molecule has 0 fully saturated rings. The van der Waals surface area contributed by atoms with Gasteiger partial charge in [-0.2, -0.15) is 0 Å². The summed E-state index contributed by atoms with van der Waals surface area (Å²) in [5.74, 6) is -0.705. The first-order valence-electron chi connectivity index (χ1n) is 6.14. The van der Waals surface area contributed by atoms with Crippen LogP contribution in [0, 0.1) is 10.1 Å². The highest BCUT2D eigenvalue weighted by molar-refractivity contribution is 5.94. The third-order valence-corrected chi connectivity index (χ3v) is 2.94. The Morgan fingerprint density at radius 1 is 1.19 bits per heavy atom. The van der Waals surface area contributed by atoms with Crippen LogP contribution in [0.2, 0.25) is 0 Å². The molecule has 0 bridgehead atoms. The fourth-order valence-corrected chi connectivity index (χ4v) is 1.82. The Morgan fingerprint density at radius 2 is 1.86 bits per heavy atom. The zero-order valence-corrected chi connectivity index (χ0v) is 11.1. The summed E-state index contributed by atoms with van der Waals surface area (Å²) in [6.07, 6.45) is 0. The van der Waals surface area contributed by atoms with Crippen LogP contribution in [0.5, 0.6) is 0 Å². The summed E-state index contributed by atoms with van der Waals surface area (Å²) < 4.78 is 0. The van der Waals surface area contributed by atoms with Gasteiger partial charge < -0.3 is 16.8 Å². The molecule has 0 aromatic heterocycles. The smallest absolute Gasteiger partial charge is 0.293 e. The number of carbonyl (C=O) groups excluding carboxylic acids is 1. The first-order valence-corrected chi connectivity index (χ1v) is 6.14. The Kier molecular flexibility index (Phi) is 4.03. The van der Waals surface area contributed by atoms with Crippen LogP contribution in [0.15, 0.2) is 42.5 Å². The fourth-order valence-electron chi connectivity index (χ4n) is 1.82. The first kappa shape index (κ1) is 14.3. The monoisotopic (exact) mass is 286 g/mol. The molecular formula is C14H14N4O3. The Hall–Kier alpha value is -3.09. The van der Waals surface area contributed by atoms with Gasteiger partial charge in [0.15, 0.2) is 0 Å². The van der Waals surface area contributed by atoms with Crippen LogP contribution in [0.4, 0.5) is 17.1 Å². The first-order chi connectivity index (χ1) is 9.97. The van der Waals surface area contributed by atoms with E-state index in [1.54, 1.807) is 12.1 Å². The number of nitrogens with one attached hydrogen (secondary N) is 1. The van der Waals surface area contributed by atoms with Crippen molar-refractivity contribution in [3.63, 3.8) is 0 Å². The zero-order chi connectivity index (χ0) is 15.4. The summed E-state index contributed by atoms with van der Waals surface area (Å²) >= 11 is 0. The average Bonchev–Trinajstić information content (AvgIpc) is 2.46. The molecule has 0 saturated carbocycles. The van der Waals surface area contributed by atoms with Gasteiger partial charge in [-0.15, -0.1) is 0 Å². The van der Waals surface area contributed by atoms with Crippen LogP contribution in [0.3, 0.4) is 0 Å². The lowest BCUT2D eigenvalue weighted by molar-refractivity contribution is -0.384. The number of nitro benzene ring substituents is 1. The maximum Gasteiger partial charge on any atom is 0.293 e. The van der Waals surface area contributed by atoms with E-state index in [9.17, 15) is 14.9 Å². The number of nitrogen functional groups attached to an aromatic ring is 1. The van der Waals surface area contributed by atoms with Crippen LogP contribution in [0.1, 0.15) is 15.9 Å². The van der Waals surface area contributed by atoms with Crippen LogP contribution in [-0.4, -0.2) is 10.8 Å². The van der Waals surface area contributed by atoms with Crippen molar-refractivity contribution in [1.82, 2.24) is 0 Å². The molecule has 0 radical (unpaired) electrons. The molecule has 1 amide bonds. The van der Waals surface area contributed by atoms with E-state index >= 15 is 0 Å². The molecule has 5 N–H and O–H groups in total. The standard InChI is InChI=1S/C14H14N4O3/c15-11-4-1-9(2-5-11)8-17-12-6-3-10(14(16)19)7-13(12)18(20)21/h1-7,17H,8,15H2,(H2,16,19). The second-order valence-corrected chi connectivity index (χ2v) is 4.45. The summed E-state index contributed by atoms with van der Waals surface area (Å²) in [6, 6.07) is 11.2. The Bertz CT molecular complexity index is 683. The van der Waals surface area contributed by atoms with Gasteiger partial charge in [0.1, 0.15) is 5.69 Å². The topological polar surface area (TPSA) is 124 Å². The number of hydrogen-bond donors (Lipinski definition) is 3. The Labute approximate surface area is 120 Å². The van der Waals surface area contributed by atoms with E-state index in [0.717, 1.165) is 11.6 Å². The lowest BCUT2D eigenvalue weighted by Crippen LogP contribution is -2.12. The molecule has 2 aromatic carbocycles. The van der Waals surface area contributed by atoms with E-state index in [1.807, 2.05) is 12.1 Å². The zero-order valence-electron chi connectivity index (χ0n) is 11.1. The minimum Gasteiger partial charge on any atom is -0.399 e. The van der Waals surface area contributed by atoms with Crippen LogP contribution in [-0.2, 0) is 6.54 Å². The van der Waals surface area contributed by atoms with Crippen LogP contribution < -0.4 is 16.8 Å². The largest absolute Gasteiger partial charge is 0.399 e. The van der Waals surface area contributed by atoms with Gasteiger partial charge in [-0.05, 0) is 29.8 Å². The van der Waals surface area contributed by atoms with Crippen molar-refractivity contribution < 1.29 is 9.72 Å². The quantitative estimate of drug-likeness (QED) is 0.439. The number of rotatable bonds is 5. The van der Waals surface area contributed by atoms with Gasteiger partial charge in [0.05, 0.1) is 4.92 Å². The van der Waals surface area contributed by atoms with Gasteiger partial charge in [0.2, 0.25) is 5.91 Å². The average molecular weight is 286 g/mol. The summed E-state index contributed by atoms with van der Waals surface area (Å²) in [6.45, 7) is 0.400. The fraction of sp³-hybridized carbons (Fsp3) is 0.0714. The molecule has 0 atom stereocenters. The maximum absolute atomic E-state index is 11.1. The van der Waals surface area contributed by atoms with Crippen molar-refractivity contribution >= 4 is 23.0 Å². The van der Waals surface area contributed by atoms with E-state index in [1.165, 1.54) is 12.1 Å². The second kappa shape index (κ2) is 5.91. The van der Waals surface area contributed by atoms with Crippen molar-refractivity contribution in [3.8, 4) is 0 Å². The lowest BCUT2D eigenvalue weighted by Gasteiger charge is -2.08. The Morgan fingerprint density at radius 3 is 2.43 bits per heavy atom. The van der Waals surface area contributed by atoms with Crippen molar-refractivity contribution in [2.45, 2.75) is 6.54 Å². The highest BCUT2D eigenvalue weighted by Crippen LogP contribution is 2.26. The van der Waals surface area contributed by atoms with Crippen molar-refractivity contribution in [2.75, 3.05) is 11.1 Å². The number of nitrogens with two attached hydrogens (primary N) is 2. The van der Waals surface area contributed by atoms with E-state index in [2.05, 4.69) is 5.32 Å². The van der Waals surface area contributed by atoms with Gasteiger partial charge in [-0.3, -0.25) is 14.9 Å². The number of anilines is 2. The van der Waals surface area contributed by atoms with Gasteiger partial charge in [0.25, 0.3) is 5.69 Å². The number of nitrogens with zero attached hydrogens (tertiary/aromatic N) is 1. The molecule has 0 unspecified atom stereocenters. The van der Waals surface area contributed by atoms with Crippen LogP contribution in [0.25, 0.3) is 0 Å². The SMILES string of the molecule is NC(=O)c1ccc(NCc2ccc(N)cc2)c([N+](=O)[O-])c1. The highest BCUT2D eigenvalue weighted by atomic mass is 16.6. The number of benzene rings is 2. The normalized spacial score (nSPS) is 10.1. The minimum atomic E-state index is -0.705. The van der Waals surface area contributed by atoms with Crippen LogP contribution >= 0.6 is 0 Å². The molecule has 7 heteroatoms. The summed E-state index contributed by atoms with van der Waals surface area (Å²) in [5, 5.41) is 14.0. The van der Waals surface area contributed by atoms with Crippen molar-refractivity contribution in [1.29, 1.82) is 0 Å². The Balaban J connectivity index is 2.21. The minimum absolute atomic E-state index is 0.0970. The van der Waals surface area contributed by atoms with E-state index in [-0.39, 0.29) is 11.3 Å². The second-order valence-electron chi connectivity index (χ2n) is 4.45. The highest BCUT2D eigenvalue weighted by Gasteiger charge is 2.16. The van der Waals surface area contributed by atoms with E-state index < -0.39 is 10.8 Å². The molecule has 2 rings (SSSR count). The lowest BCUT2D eigenvalue weighted by atomic mass is 10.1. The summed E-state index contributed by atoms with van der Waals surface area (Å²) in [4.78, 5) is 21.6. The third kappa shape index (κ3) is 3.47. The molecule has 2 aromatic rings. The molecule has 0 aliphatic rings. The van der Waals surface area contributed by atoms with Crippen molar-refractivity contribution in [3.05, 3.63) is 63.7 Å². The molecule has 0 saturated heterocycles. The van der Waals surface area contributed by atoms with E-state index in [0.29, 0.717) is 17.9 Å². The number of primary amides is 1. The summed E-state index contributed by atoms with van der Waals surface area (Å²) in [5.41, 5.74) is 12.5. The van der Waals surface area contributed by atoms with E-state index in [4.69, 9.17) is 11.5 Å². The number of nitro groups is 1. The molecule has 0 heterocycles. The van der Waals surface area contributed by atoms with Gasteiger partial charge in [-0.1, -0.05) is 12.1 Å². The third-order valence-electron chi connectivity index (χ3n) is 2.94. The molecule has 108 valence electrons. The molecule has 0 aliphatic carbocycles. The predicted octanol–water partition coefficient (Wildman–Crippen LogP) is 1.89. The molecule has 21 heavy (non-hydrogen) atoms. The summed E-state index contributed by atoms with van der Waals surface area (Å²) in [7, 11) is 0. The molecule has 7 nitrogen and oxygen atoms in total. The van der Waals surface area contributed by atoms with Gasteiger partial charge in [-0.25, -0.2) is 0 Å². The number of amides is 1. The number of hydrogen-bond acceptors (Lipinski definition) is 5. The van der Waals surface area contributed by atoms with Gasteiger partial charge >= 0.3 is 0 Å². The maximum atomic E-state index is 11.1.